The first kappa shape index (κ1) is 13.6. The maximum atomic E-state index is 5.69. The zero-order valence-electron chi connectivity index (χ0n) is 12.6. The number of H-pyrrole nitrogens is 2. The van der Waals surface area contributed by atoms with Gasteiger partial charge in [-0.25, -0.2) is 0 Å². The van der Waals surface area contributed by atoms with Gasteiger partial charge in [-0.05, 0) is 38.8 Å². The van der Waals surface area contributed by atoms with E-state index in [0.717, 1.165) is 18.2 Å². The van der Waals surface area contributed by atoms with Crippen molar-refractivity contribution in [1.82, 2.24) is 25.3 Å². The summed E-state index contributed by atoms with van der Waals surface area (Å²) in [4.78, 5) is 2.43. The molecule has 0 radical (unpaired) electrons. The van der Waals surface area contributed by atoms with Crippen LogP contribution in [-0.4, -0.2) is 51.5 Å². The van der Waals surface area contributed by atoms with Crippen molar-refractivity contribution >= 4 is 11.6 Å². The van der Waals surface area contributed by atoms with E-state index in [-0.39, 0.29) is 0 Å². The summed E-state index contributed by atoms with van der Waals surface area (Å²) in [6.45, 7) is 4.04. The summed E-state index contributed by atoms with van der Waals surface area (Å²) >= 11 is 0. The van der Waals surface area contributed by atoms with E-state index in [1.807, 2.05) is 6.07 Å². The van der Waals surface area contributed by atoms with Crippen LogP contribution in [0.1, 0.15) is 37.3 Å². The van der Waals surface area contributed by atoms with Crippen LogP contribution in [0.4, 0.5) is 11.6 Å². The minimum absolute atomic E-state index is 0.625. The average molecular weight is 302 g/mol. The minimum Gasteiger partial charge on any atom is -0.475 e. The van der Waals surface area contributed by atoms with E-state index in [1.165, 1.54) is 44.5 Å². The number of ether oxygens (including phenoxy) is 1. The standard InChI is InChI=1S/C15H22N6O/c1-2-6-21(5-1)7-8-22-15-10-14(19-20-15)16-13-9-12(17-18-13)11-3-4-11/h9-11H,1-8H2,(H3,16,17,18,19,20). The highest BCUT2D eigenvalue weighted by Gasteiger charge is 2.25. The Morgan fingerprint density at radius 2 is 2.05 bits per heavy atom. The zero-order valence-corrected chi connectivity index (χ0v) is 12.6. The van der Waals surface area contributed by atoms with Crippen molar-refractivity contribution < 1.29 is 4.74 Å². The van der Waals surface area contributed by atoms with Gasteiger partial charge >= 0.3 is 0 Å². The van der Waals surface area contributed by atoms with Crippen LogP contribution in [0.5, 0.6) is 5.88 Å². The minimum atomic E-state index is 0.625. The van der Waals surface area contributed by atoms with Gasteiger partial charge in [-0.2, -0.15) is 5.10 Å². The fourth-order valence-electron chi connectivity index (χ4n) is 2.87. The van der Waals surface area contributed by atoms with Gasteiger partial charge in [0.25, 0.3) is 0 Å². The molecule has 0 unspecified atom stereocenters. The second-order valence-corrected chi connectivity index (χ2v) is 6.12. The molecule has 2 aromatic rings. The van der Waals surface area contributed by atoms with Gasteiger partial charge < -0.3 is 10.1 Å². The maximum absolute atomic E-state index is 5.69. The molecule has 22 heavy (non-hydrogen) atoms. The molecule has 2 fully saturated rings. The van der Waals surface area contributed by atoms with Crippen LogP contribution in [0.15, 0.2) is 12.1 Å². The maximum Gasteiger partial charge on any atom is 0.234 e. The Kier molecular flexibility index (Phi) is 3.72. The third kappa shape index (κ3) is 3.24. The highest BCUT2D eigenvalue weighted by Crippen LogP contribution is 2.39. The van der Waals surface area contributed by atoms with Gasteiger partial charge in [-0.3, -0.25) is 15.1 Å². The van der Waals surface area contributed by atoms with E-state index in [1.54, 1.807) is 0 Å². The van der Waals surface area contributed by atoms with Crippen molar-refractivity contribution in [2.75, 3.05) is 31.6 Å². The number of aromatic nitrogens is 4. The van der Waals surface area contributed by atoms with E-state index in [0.29, 0.717) is 18.4 Å². The molecule has 0 aromatic carbocycles. The Morgan fingerprint density at radius 3 is 2.86 bits per heavy atom. The van der Waals surface area contributed by atoms with Crippen LogP contribution >= 0.6 is 0 Å². The lowest BCUT2D eigenvalue weighted by Gasteiger charge is -2.13. The van der Waals surface area contributed by atoms with Crippen molar-refractivity contribution in [3.63, 3.8) is 0 Å². The molecule has 7 nitrogen and oxygen atoms in total. The van der Waals surface area contributed by atoms with Crippen LogP contribution in [0.3, 0.4) is 0 Å². The number of likely N-dealkylation sites (tertiary alicyclic amines) is 1. The van der Waals surface area contributed by atoms with Crippen LogP contribution in [0, 0.1) is 0 Å². The Labute approximate surface area is 129 Å². The summed E-state index contributed by atoms with van der Waals surface area (Å²) in [5.74, 6) is 2.91. The molecule has 1 saturated carbocycles. The number of anilines is 2. The van der Waals surface area contributed by atoms with Crippen LogP contribution < -0.4 is 10.1 Å². The second kappa shape index (κ2) is 6.00. The Hall–Kier alpha value is -2.02. The highest BCUT2D eigenvalue weighted by atomic mass is 16.5. The molecule has 4 rings (SSSR count). The van der Waals surface area contributed by atoms with Crippen LogP contribution in [0.25, 0.3) is 0 Å². The Bertz CT molecular complexity index is 611. The van der Waals surface area contributed by atoms with Gasteiger partial charge in [0.2, 0.25) is 5.88 Å². The normalized spacial score (nSPS) is 18.7. The molecule has 3 heterocycles. The molecule has 0 atom stereocenters. The largest absolute Gasteiger partial charge is 0.475 e. The third-order valence-electron chi connectivity index (χ3n) is 4.29. The topological polar surface area (TPSA) is 81.9 Å². The molecule has 118 valence electrons. The molecule has 2 aliphatic rings. The van der Waals surface area contributed by atoms with Gasteiger partial charge in [-0.15, -0.1) is 5.10 Å². The van der Waals surface area contributed by atoms with Crippen LogP contribution in [-0.2, 0) is 0 Å². The number of hydrogen-bond donors (Lipinski definition) is 3. The van der Waals surface area contributed by atoms with E-state index < -0.39 is 0 Å². The van der Waals surface area contributed by atoms with E-state index in [2.05, 4.69) is 36.7 Å². The number of rotatable bonds is 7. The lowest BCUT2D eigenvalue weighted by Crippen LogP contribution is -2.25. The monoisotopic (exact) mass is 302 g/mol. The van der Waals surface area contributed by atoms with Crippen molar-refractivity contribution in [3.8, 4) is 5.88 Å². The molecule has 3 N–H and O–H groups in total. The molecule has 1 aliphatic heterocycles. The molecule has 0 bridgehead atoms. The van der Waals surface area contributed by atoms with E-state index in [9.17, 15) is 0 Å². The lowest BCUT2D eigenvalue weighted by molar-refractivity contribution is 0.232. The van der Waals surface area contributed by atoms with Gasteiger partial charge in [0.05, 0.1) is 0 Å². The summed E-state index contributed by atoms with van der Waals surface area (Å²) in [7, 11) is 0. The zero-order chi connectivity index (χ0) is 14.8. The summed E-state index contributed by atoms with van der Waals surface area (Å²) in [6, 6.07) is 3.93. The number of nitrogens with one attached hydrogen (secondary N) is 3. The molecular formula is C15H22N6O. The fourth-order valence-corrected chi connectivity index (χ4v) is 2.87. The molecule has 7 heteroatoms. The van der Waals surface area contributed by atoms with Gasteiger partial charge in [0, 0.05) is 30.3 Å². The fraction of sp³-hybridized carbons (Fsp3) is 0.600. The van der Waals surface area contributed by atoms with Crippen molar-refractivity contribution in [2.24, 2.45) is 0 Å². The van der Waals surface area contributed by atoms with E-state index >= 15 is 0 Å². The highest BCUT2D eigenvalue weighted by molar-refractivity contribution is 5.53. The number of nitrogens with zero attached hydrogens (tertiary/aromatic N) is 3. The van der Waals surface area contributed by atoms with Crippen molar-refractivity contribution in [2.45, 2.75) is 31.6 Å². The average Bonchev–Trinajstić information content (AvgIpc) is 2.95. The van der Waals surface area contributed by atoms with Gasteiger partial charge in [0.1, 0.15) is 12.4 Å². The first-order chi connectivity index (χ1) is 10.9. The quantitative estimate of drug-likeness (QED) is 0.730. The molecular weight excluding hydrogens is 280 g/mol. The first-order valence-corrected chi connectivity index (χ1v) is 8.10. The molecule has 0 spiro atoms. The molecule has 2 aromatic heterocycles. The number of aromatic amines is 2. The Balaban J connectivity index is 1.26. The first-order valence-electron chi connectivity index (χ1n) is 8.10. The predicted molar refractivity (Wildman–Crippen MR) is 83.6 cm³/mol. The molecule has 1 saturated heterocycles. The predicted octanol–water partition coefficient (Wildman–Crippen LogP) is 2.23. The van der Waals surface area contributed by atoms with Gasteiger partial charge in [0.15, 0.2) is 5.82 Å². The van der Waals surface area contributed by atoms with E-state index in [4.69, 9.17) is 4.74 Å². The van der Waals surface area contributed by atoms with Crippen LogP contribution in [0.2, 0.25) is 0 Å². The number of hydrogen-bond acceptors (Lipinski definition) is 5. The summed E-state index contributed by atoms with van der Waals surface area (Å²) < 4.78 is 5.69. The van der Waals surface area contributed by atoms with Gasteiger partial charge in [-0.1, -0.05) is 0 Å². The second-order valence-electron chi connectivity index (χ2n) is 6.12. The summed E-state index contributed by atoms with van der Waals surface area (Å²) in [5, 5.41) is 17.6. The van der Waals surface area contributed by atoms with Crippen molar-refractivity contribution in [1.29, 1.82) is 0 Å². The summed E-state index contributed by atoms with van der Waals surface area (Å²) in [6.07, 6.45) is 5.15. The molecule has 1 aliphatic carbocycles. The summed E-state index contributed by atoms with van der Waals surface area (Å²) in [5.41, 5.74) is 1.21. The SMILES string of the molecule is c1c(OCCN2CCCC2)n[nH]c1Nc1cc(C2CC2)[nH]n1. The molecule has 0 amide bonds. The smallest absolute Gasteiger partial charge is 0.234 e. The lowest BCUT2D eigenvalue weighted by atomic mass is 10.3. The Morgan fingerprint density at radius 1 is 1.18 bits per heavy atom. The van der Waals surface area contributed by atoms with Crippen molar-refractivity contribution in [3.05, 3.63) is 17.8 Å². The third-order valence-corrected chi connectivity index (χ3v) is 4.29.